The van der Waals surface area contributed by atoms with Crippen molar-refractivity contribution in [2.24, 2.45) is 11.3 Å². The number of rotatable bonds is 2. The molecule has 1 spiro atoms. The van der Waals surface area contributed by atoms with Crippen LogP contribution in [0.5, 0.6) is 0 Å². The third-order valence-corrected chi connectivity index (χ3v) is 6.12. The molecule has 1 unspecified atom stereocenters. The Labute approximate surface area is 136 Å². The van der Waals surface area contributed by atoms with Gasteiger partial charge in [-0.1, -0.05) is 6.42 Å². The normalized spacial score (nSPS) is 26.7. The lowest BCUT2D eigenvalue weighted by atomic mass is 9.54. The highest BCUT2D eigenvalue weighted by Gasteiger charge is 2.59. The van der Waals surface area contributed by atoms with Crippen LogP contribution in [-0.2, 0) is 4.74 Å². The summed E-state index contributed by atoms with van der Waals surface area (Å²) in [6.45, 7) is 4.32. The first-order chi connectivity index (χ1) is 11.1. The van der Waals surface area contributed by atoms with Crippen molar-refractivity contribution >= 4 is 5.91 Å². The van der Waals surface area contributed by atoms with E-state index < -0.39 is 0 Å². The lowest BCUT2D eigenvalue weighted by Crippen LogP contribution is -2.71. The molecule has 1 atom stereocenters. The number of ether oxygens (including phenoxy) is 1. The van der Waals surface area contributed by atoms with Crippen LogP contribution < -0.4 is 5.56 Å². The monoisotopic (exact) mass is 316 g/mol. The van der Waals surface area contributed by atoms with Gasteiger partial charge < -0.3 is 14.6 Å². The maximum absolute atomic E-state index is 13.0. The predicted octanol–water partition coefficient (Wildman–Crippen LogP) is 2.10. The summed E-state index contributed by atoms with van der Waals surface area (Å²) >= 11 is 0. The van der Waals surface area contributed by atoms with Gasteiger partial charge in [-0.2, -0.15) is 0 Å². The summed E-state index contributed by atoms with van der Waals surface area (Å²) in [5, 5.41) is 0. The molecule has 1 aromatic rings. The SMILES string of the molecule is Cc1[nH]c(=O)ccc1C(=O)N1CC2(CCC2)C1C1CCOCC1. The summed E-state index contributed by atoms with van der Waals surface area (Å²) in [4.78, 5) is 29.2. The van der Waals surface area contributed by atoms with Crippen molar-refractivity contribution in [2.75, 3.05) is 19.8 Å². The summed E-state index contributed by atoms with van der Waals surface area (Å²) < 4.78 is 5.51. The molecule has 3 heterocycles. The van der Waals surface area contributed by atoms with Crippen LogP contribution in [0.2, 0.25) is 0 Å². The quantitative estimate of drug-likeness (QED) is 0.909. The Kier molecular flexibility index (Phi) is 3.56. The van der Waals surface area contributed by atoms with E-state index in [1.165, 1.54) is 25.3 Å². The number of nitrogens with one attached hydrogen (secondary N) is 1. The molecular weight excluding hydrogens is 292 g/mol. The first-order valence-electron chi connectivity index (χ1n) is 8.69. The van der Waals surface area contributed by atoms with Gasteiger partial charge in [0.1, 0.15) is 0 Å². The Bertz CT molecular complexity index is 671. The Balaban J connectivity index is 1.59. The van der Waals surface area contributed by atoms with Gasteiger partial charge in [0.2, 0.25) is 5.56 Å². The highest BCUT2D eigenvalue weighted by Crippen LogP contribution is 2.56. The van der Waals surface area contributed by atoms with Gasteiger partial charge in [-0.25, -0.2) is 0 Å². The molecule has 5 heteroatoms. The van der Waals surface area contributed by atoms with Crippen LogP contribution in [0.15, 0.2) is 16.9 Å². The smallest absolute Gasteiger partial charge is 0.255 e. The van der Waals surface area contributed by atoms with Crippen LogP contribution in [0.25, 0.3) is 0 Å². The summed E-state index contributed by atoms with van der Waals surface area (Å²) in [5.41, 5.74) is 1.52. The molecule has 23 heavy (non-hydrogen) atoms. The molecule has 1 aromatic heterocycles. The fourth-order valence-electron chi connectivity index (χ4n) is 4.78. The number of aromatic amines is 1. The molecule has 1 saturated carbocycles. The topological polar surface area (TPSA) is 62.4 Å². The minimum Gasteiger partial charge on any atom is -0.381 e. The van der Waals surface area contributed by atoms with E-state index in [0.29, 0.717) is 28.6 Å². The zero-order valence-electron chi connectivity index (χ0n) is 13.6. The third kappa shape index (κ3) is 2.33. The van der Waals surface area contributed by atoms with Gasteiger partial charge in [0.15, 0.2) is 0 Å². The molecule has 0 radical (unpaired) electrons. The van der Waals surface area contributed by atoms with Crippen LogP contribution in [0, 0.1) is 18.3 Å². The van der Waals surface area contributed by atoms with Gasteiger partial charge >= 0.3 is 0 Å². The number of hydrogen-bond acceptors (Lipinski definition) is 3. The number of H-pyrrole nitrogens is 1. The fraction of sp³-hybridized carbons (Fsp3) is 0.667. The largest absolute Gasteiger partial charge is 0.381 e. The fourth-order valence-corrected chi connectivity index (χ4v) is 4.78. The number of likely N-dealkylation sites (tertiary alicyclic amines) is 1. The molecule has 4 rings (SSSR count). The van der Waals surface area contributed by atoms with Crippen LogP contribution >= 0.6 is 0 Å². The van der Waals surface area contributed by atoms with Gasteiger partial charge in [-0.3, -0.25) is 9.59 Å². The molecule has 1 aliphatic carbocycles. The number of pyridine rings is 1. The molecule has 0 aromatic carbocycles. The zero-order chi connectivity index (χ0) is 16.0. The molecule has 0 bridgehead atoms. The van der Waals surface area contributed by atoms with Crippen molar-refractivity contribution in [1.29, 1.82) is 0 Å². The third-order valence-electron chi connectivity index (χ3n) is 6.12. The molecule has 3 fully saturated rings. The van der Waals surface area contributed by atoms with Crippen molar-refractivity contribution in [2.45, 2.75) is 45.1 Å². The van der Waals surface area contributed by atoms with E-state index in [9.17, 15) is 9.59 Å². The standard InChI is InChI=1S/C18H24N2O3/c1-12-14(3-4-15(21)19-12)17(22)20-11-18(7-2-8-18)16(20)13-5-9-23-10-6-13/h3-4,13,16H,2,5-11H2,1H3,(H,19,21). The molecule has 124 valence electrons. The second-order valence-electron chi connectivity index (χ2n) is 7.40. The van der Waals surface area contributed by atoms with E-state index in [2.05, 4.69) is 9.88 Å². The molecule has 3 aliphatic rings. The number of carbonyl (C=O) groups is 1. The average molecular weight is 316 g/mol. The minimum atomic E-state index is -0.154. The molecule has 1 N–H and O–H groups in total. The van der Waals surface area contributed by atoms with E-state index in [1.54, 1.807) is 13.0 Å². The molecule has 1 amide bonds. The van der Waals surface area contributed by atoms with Crippen molar-refractivity contribution in [3.05, 3.63) is 33.7 Å². The van der Waals surface area contributed by atoms with E-state index in [0.717, 1.165) is 32.6 Å². The Morgan fingerprint density at radius 3 is 2.65 bits per heavy atom. The molecule has 2 saturated heterocycles. The number of nitrogens with zero attached hydrogens (tertiary/aromatic N) is 1. The summed E-state index contributed by atoms with van der Waals surface area (Å²) in [6, 6.07) is 3.48. The van der Waals surface area contributed by atoms with Gasteiger partial charge in [-0.15, -0.1) is 0 Å². The number of amides is 1. The summed E-state index contributed by atoms with van der Waals surface area (Å²) in [6.07, 6.45) is 5.91. The lowest BCUT2D eigenvalue weighted by Gasteiger charge is -2.65. The van der Waals surface area contributed by atoms with Gasteiger partial charge in [-0.05, 0) is 44.6 Å². The van der Waals surface area contributed by atoms with Gasteiger partial charge in [0.05, 0.1) is 5.56 Å². The number of aromatic nitrogens is 1. The predicted molar refractivity (Wildman–Crippen MR) is 86.5 cm³/mol. The first-order valence-corrected chi connectivity index (χ1v) is 8.69. The van der Waals surface area contributed by atoms with E-state index >= 15 is 0 Å². The van der Waals surface area contributed by atoms with Gasteiger partial charge in [0, 0.05) is 43.0 Å². The lowest BCUT2D eigenvalue weighted by molar-refractivity contribution is -0.140. The number of carbonyl (C=O) groups excluding carboxylic acids is 1. The second kappa shape index (κ2) is 5.48. The van der Waals surface area contributed by atoms with Crippen molar-refractivity contribution in [3.63, 3.8) is 0 Å². The summed E-state index contributed by atoms with van der Waals surface area (Å²) in [7, 11) is 0. The Hall–Kier alpha value is -1.62. The highest BCUT2D eigenvalue weighted by molar-refractivity contribution is 5.96. The Morgan fingerprint density at radius 2 is 2.04 bits per heavy atom. The van der Waals surface area contributed by atoms with Crippen molar-refractivity contribution in [3.8, 4) is 0 Å². The first kappa shape index (κ1) is 14.9. The van der Waals surface area contributed by atoms with Crippen molar-refractivity contribution in [1.82, 2.24) is 9.88 Å². The highest BCUT2D eigenvalue weighted by atomic mass is 16.5. The number of aryl methyl sites for hydroxylation is 1. The second-order valence-corrected chi connectivity index (χ2v) is 7.40. The summed E-state index contributed by atoms with van der Waals surface area (Å²) in [5.74, 6) is 0.637. The number of hydrogen-bond donors (Lipinski definition) is 1. The molecule has 5 nitrogen and oxygen atoms in total. The average Bonchev–Trinajstić information content (AvgIpc) is 2.45. The molecule has 2 aliphatic heterocycles. The zero-order valence-corrected chi connectivity index (χ0v) is 13.6. The van der Waals surface area contributed by atoms with Gasteiger partial charge in [0.25, 0.3) is 5.91 Å². The van der Waals surface area contributed by atoms with Crippen LogP contribution in [-0.4, -0.2) is 41.6 Å². The minimum absolute atomic E-state index is 0.0766. The molecular formula is C18H24N2O3. The van der Waals surface area contributed by atoms with Crippen molar-refractivity contribution < 1.29 is 9.53 Å². The van der Waals surface area contributed by atoms with Crippen LogP contribution in [0.3, 0.4) is 0 Å². The van der Waals surface area contributed by atoms with E-state index in [4.69, 9.17) is 4.74 Å². The Morgan fingerprint density at radius 1 is 1.30 bits per heavy atom. The van der Waals surface area contributed by atoms with Crippen LogP contribution in [0.4, 0.5) is 0 Å². The van der Waals surface area contributed by atoms with E-state index in [1.807, 2.05) is 0 Å². The maximum atomic E-state index is 13.0. The van der Waals surface area contributed by atoms with Crippen LogP contribution in [0.1, 0.15) is 48.2 Å². The maximum Gasteiger partial charge on any atom is 0.255 e. The van der Waals surface area contributed by atoms with E-state index in [-0.39, 0.29) is 11.5 Å².